The van der Waals surface area contributed by atoms with Gasteiger partial charge in [-0.3, -0.25) is 4.79 Å². The van der Waals surface area contributed by atoms with Crippen LogP contribution in [0.15, 0.2) is 12.7 Å². The molecule has 0 saturated carbocycles. The van der Waals surface area contributed by atoms with Crippen molar-refractivity contribution in [3.8, 4) is 0 Å². The average molecular weight is 195 g/mol. The second kappa shape index (κ2) is 4.86. The first kappa shape index (κ1) is 11.1. The van der Waals surface area contributed by atoms with Gasteiger partial charge in [0.15, 0.2) is 0 Å². The highest BCUT2D eigenvalue weighted by molar-refractivity contribution is 7.81. The van der Waals surface area contributed by atoms with Crippen LogP contribution in [0.1, 0.15) is 6.92 Å². The standard InChI is InChI=1S/C5H9NO5S/c1-3-5(7)6-11-12(8,9)10-4-2/h3H,1,4H2,2H3,(H,6,7). The second-order valence-electron chi connectivity index (χ2n) is 1.57. The van der Waals surface area contributed by atoms with Gasteiger partial charge in [0.1, 0.15) is 0 Å². The zero-order chi connectivity index (χ0) is 9.61. The molecule has 0 bridgehead atoms. The molecule has 0 aromatic carbocycles. The molecule has 0 heterocycles. The maximum Gasteiger partial charge on any atom is 0.420 e. The molecule has 6 nitrogen and oxygen atoms in total. The van der Waals surface area contributed by atoms with Gasteiger partial charge in [0, 0.05) is 0 Å². The monoisotopic (exact) mass is 195 g/mol. The minimum Gasteiger partial charge on any atom is -0.268 e. The van der Waals surface area contributed by atoms with E-state index in [2.05, 4.69) is 15.0 Å². The normalized spacial score (nSPS) is 10.8. The van der Waals surface area contributed by atoms with E-state index in [1.807, 2.05) is 0 Å². The predicted octanol–water partition coefficient (Wildman–Crippen LogP) is -0.498. The number of hydrogen-bond acceptors (Lipinski definition) is 5. The molecular weight excluding hydrogens is 186 g/mol. The number of hydroxylamine groups is 1. The third kappa shape index (κ3) is 4.83. The maximum absolute atomic E-state index is 10.6. The van der Waals surface area contributed by atoms with Crippen LogP contribution >= 0.6 is 0 Å². The van der Waals surface area contributed by atoms with Gasteiger partial charge in [-0.05, 0) is 13.0 Å². The Morgan fingerprint density at radius 2 is 2.25 bits per heavy atom. The number of carbonyl (C=O) groups is 1. The Labute approximate surface area is 70.4 Å². The van der Waals surface area contributed by atoms with Gasteiger partial charge in [-0.2, -0.15) is 8.42 Å². The van der Waals surface area contributed by atoms with Crippen molar-refractivity contribution in [1.82, 2.24) is 5.48 Å². The van der Waals surface area contributed by atoms with Gasteiger partial charge in [0.25, 0.3) is 5.91 Å². The van der Waals surface area contributed by atoms with Crippen molar-refractivity contribution < 1.29 is 21.7 Å². The molecule has 70 valence electrons. The van der Waals surface area contributed by atoms with E-state index in [0.717, 1.165) is 6.08 Å². The van der Waals surface area contributed by atoms with Crippen LogP contribution in [-0.4, -0.2) is 20.9 Å². The van der Waals surface area contributed by atoms with Crippen LogP contribution < -0.4 is 5.48 Å². The van der Waals surface area contributed by atoms with E-state index in [1.54, 1.807) is 5.48 Å². The van der Waals surface area contributed by atoms with E-state index < -0.39 is 16.3 Å². The molecule has 0 unspecified atom stereocenters. The number of hydrogen-bond donors (Lipinski definition) is 1. The zero-order valence-corrected chi connectivity index (χ0v) is 7.26. The Kier molecular flexibility index (Phi) is 4.49. The van der Waals surface area contributed by atoms with Crippen LogP contribution in [0.2, 0.25) is 0 Å². The lowest BCUT2D eigenvalue weighted by Gasteiger charge is -2.02. The highest BCUT2D eigenvalue weighted by Gasteiger charge is 2.11. The van der Waals surface area contributed by atoms with Crippen molar-refractivity contribution >= 4 is 16.3 Å². The Hall–Kier alpha value is -0.920. The topological polar surface area (TPSA) is 81.7 Å². The zero-order valence-electron chi connectivity index (χ0n) is 6.44. The summed E-state index contributed by atoms with van der Waals surface area (Å²) in [5.41, 5.74) is 1.59. The number of carbonyl (C=O) groups excluding carboxylic acids is 1. The molecular formula is C5H9NO5S. The van der Waals surface area contributed by atoms with Crippen molar-refractivity contribution in [2.45, 2.75) is 6.92 Å². The molecule has 0 rings (SSSR count). The van der Waals surface area contributed by atoms with Gasteiger partial charge in [0.2, 0.25) is 0 Å². The molecule has 1 amide bonds. The molecule has 0 spiro atoms. The van der Waals surface area contributed by atoms with Crippen LogP contribution in [0.25, 0.3) is 0 Å². The summed E-state index contributed by atoms with van der Waals surface area (Å²) in [5.74, 6) is -0.765. The van der Waals surface area contributed by atoms with E-state index in [-0.39, 0.29) is 6.61 Å². The Morgan fingerprint density at radius 1 is 1.67 bits per heavy atom. The van der Waals surface area contributed by atoms with Crippen LogP contribution in [0.5, 0.6) is 0 Å². The van der Waals surface area contributed by atoms with E-state index in [9.17, 15) is 13.2 Å². The fourth-order valence-corrected chi connectivity index (χ4v) is 0.823. The highest BCUT2D eigenvalue weighted by Crippen LogP contribution is 1.91. The van der Waals surface area contributed by atoms with Gasteiger partial charge >= 0.3 is 10.4 Å². The molecule has 0 aromatic rings. The first-order chi connectivity index (χ1) is 5.52. The largest absolute Gasteiger partial charge is 0.420 e. The van der Waals surface area contributed by atoms with Gasteiger partial charge < -0.3 is 0 Å². The van der Waals surface area contributed by atoms with Crippen molar-refractivity contribution in [3.63, 3.8) is 0 Å². The summed E-state index contributed by atoms with van der Waals surface area (Å²) in [6.07, 6.45) is 0.863. The summed E-state index contributed by atoms with van der Waals surface area (Å²) in [6.45, 7) is 4.48. The Morgan fingerprint density at radius 3 is 2.67 bits per heavy atom. The first-order valence-corrected chi connectivity index (χ1v) is 4.35. The van der Waals surface area contributed by atoms with E-state index in [4.69, 9.17) is 0 Å². The Balaban J connectivity index is 3.92. The molecule has 0 aromatic heterocycles. The molecule has 0 saturated heterocycles. The molecule has 0 aliphatic heterocycles. The third-order valence-electron chi connectivity index (χ3n) is 0.692. The van der Waals surface area contributed by atoms with Crippen molar-refractivity contribution in [1.29, 1.82) is 0 Å². The summed E-state index contributed by atoms with van der Waals surface area (Å²) in [6, 6.07) is 0. The molecule has 12 heavy (non-hydrogen) atoms. The average Bonchev–Trinajstić information content (AvgIpc) is 2.00. The summed E-state index contributed by atoms with van der Waals surface area (Å²) >= 11 is 0. The fraction of sp³-hybridized carbons (Fsp3) is 0.400. The Bertz CT molecular complexity index is 257. The molecule has 0 fully saturated rings. The van der Waals surface area contributed by atoms with Gasteiger partial charge in [0.05, 0.1) is 6.61 Å². The summed E-state index contributed by atoms with van der Waals surface area (Å²) < 4.78 is 29.1. The highest BCUT2D eigenvalue weighted by atomic mass is 32.3. The number of nitrogens with one attached hydrogen (secondary N) is 1. The minimum atomic E-state index is -4.12. The van der Waals surface area contributed by atoms with Crippen LogP contribution in [-0.2, 0) is 23.7 Å². The van der Waals surface area contributed by atoms with E-state index in [0.29, 0.717) is 0 Å². The predicted molar refractivity (Wildman–Crippen MR) is 40.0 cm³/mol. The van der Waals surface area contributed by atoms with Crippen molar-refractivity contribution in [2.24, 2.45) is 0 Å². The summed E-state index contributed by atoms with van der Waals surface area (Å²) in [7, 11) is -4.12. The number of rotatable bonds is 5. The lowest BCUT2D eigenvalue weighted by atomic mass is 10.6. The number of amides is 1. The van der Waals surface area contributed by atoms with Gasteiger partial charge in [-0.25, -0.2) is 9.66 Å². The van der Waals surface area contributed by atoms with Crippen molar-refractivity contribution in [3.05, 3.63) is 12.7 Å². The summed E-state index contributed by atoms with van der Waals surface area (Å²) in [5, 5.41) is 0. The van der Waals surface area contributed by atoms with Gasteiger partial charge in [-0.1, -0.05) is 6.58 Å². The molecule has 0 radical (unpaired) electrons. The lowest BCUT2D eigenvalue weighted by molar-refractivity contribution is -0.123. The maximum atomic E-state index is 10.6. The van der Waals surface area contributed by atoms with E-state index in [1.165, 1.54) is 6.92 Å². The summed E-state index contributed by atoms with van der Waals surface area (Å²) in [4.78, 5) is 10.4. The molecule has 1 N–H and O–H groups in total. The third-order valence-corrected chi connectivity index (χ3v) is 1.50. The molecule has 0 atom stereocenters. The fourth-order valence-electron chi connectivity index (χ4n) is 0.302. The van der Waals surface area contributed by atoms with Gasteiger partial charge in [-0.15, -0.1) is 4.28 Å². The lowest BCUT2D eigenvalue weighted by Crippen LogP contribution is -2.26. The van der Waals surface area contributed by atoms with Crippen LogP contribution in [0.4, 0.5) is 0 Å². The van der Waals surface area contributed by atoms with Crippen molar-refractivity contribution in [2.75, 3.05) is 6.61 Å². The van der Waals surface area contributed by atoms with Crippen LogP contribution in [0.3, 0.4) is 0 Å². The second-order valence-corrected chi connectivity index (χ2v) is 2.79. The smallest absolute Gasteiger partial charge is 0.268 e. The minimum absolute atomic E-state index is 0.0632. The molecule has 7 heteroatoms. The van der Waals surface area contributed by atoms with E-state index >= 15 is 0 Å². The quantitative estimate of drug-likeness (QED) is 0.472. The SMILES string of the molecule is C=CC(=O)NOS(=O)(=O)OCC. The first-order valence-electron chi connectivity index (χ1n) is 3.02. The van der Waals surface area contributed by atoms with Crippen LogP contribution in [0, 0.1) is 0 Å². The molecule has 0 aliphatic carbocycles. The molecule has 0 aliphatic rings.